The van der Waals surface area contributed by atoms with Gasteiger partial charge in [-0.15, -0.1) is 0 Å². The number of aromatic nitrogens is 1. The molecule has 98 valence electrons. The van der Waals surface area contributed by atoms with Crippen LogP contribution in [0.2, 0.25) is 0 Å². The largest absolute Gasteiger partial charge is 0.383 e. The Balaban J connectivity index is 2.15. The topological polar surface area (TPSA) is 51.2 Å². The van der Waals surface area contributed by atoms with E-state index < -0.39 is 0 Å². The van der Waals surface area contributed by atoms with Crippen molar-refractivity contribution in [3.63, 3.8) is 0 Å². The van der Waals surface area contributed by atoms with Gasteiger partial charge in [0.15, 0.2) is 6.29 Å². The van der Waals surface area contributed by atoms with Crippen LogP contribution < -0.4 is 5.32 Å². The summed E-state index contributed by atoms with van der Waals surface area (Å²) in [5, 5.41) is 3.15. The van der Waals surface area contributed by atoms with Gasteiger partial charge < -0.3 is 10.1 Å². The Morgan fingerprint density at radius 1 is 1.26 bits per heavy atom. The van der Waals surface area contributed by atoms with Crippen molar-refractivity contribution in [2.24, 2.45) is 0 Å². The summed E-state index contributed by atoms with van der Waals surface area (Å²) < 4.78 is 4.96. The first kappa shape index (κ1) is 13.2. The summed E-state index contributed by atoms with van der Waals surface area (Å²) >= 11 is 0. The zero-order valence-corrected chi connectivity index (χ0v) is 10.8. The van der Waals surface area contributed by atoms with Crippen LogP contribution in [0.5, 0.6) is 0 Å². The molecule has 2 aromatic rings. The third-order valence-electron chi connectivity index (χ3n) is 2.77. The van der Waals surface area contributed by atoms with Gasteiger partial charge in [-0.1, -0.05) is 24.3 Å². The average molecular weight is 256 g/mol. The third kappa shape index (κ3) is 3.39. The van der Waals surface area contributed by atoms with Gasteiger partial charge in [0.2, 0.25) is 0 Å². The molecule has 1 aromatic heterocycles. The first-order valence-corrected chi connectivity index (χ1v) is 6.08. The van der Waals surface area contributed by atoms with Crippen LogP contribution in [0.25, 0.3) is 11.1 Å². The highest BCUT2D eigenvalue weighted by Crippen LogP contribution is 2.22. The lowest BCUT2D eigenvalue weighted by atomic mass is 10.0. The van der Waals surface area contributed by atoms with E-state index in [1.165, 1.54) is 0 Å². The lowest BCUT2D eigenvalue weighted by molar-refractivity contribution is 0.112. The van der Waals surface area contributed by atoms with E-state index in [0.717, 1.165) is 23.2 Å². The summed E-state index contributed by atoms with van der Waals surface area (Å²) in [7, 11) is 1.66. The number of rotatable bonds is 6. The predicted octanol–water partition coefficient (Wildman–Crippen LogP) is 2.62. The number of carbonyl (C=O) groups excluding carboxylic acids is 1. The number of ether oxygens (including phenoxy) is 1. The summed E-state index contributed by atoms with van der Waals surface area (Å²) in [6.45, 7) is 1.35. The van der Waals surface area contributed by atoms with Gasteiger partial charge in [0.1, 0.15) is 5.82 Å². The van der Waals surface area contributed by atoms with Crippen molar-refractivity contribution in [1.29, 1.82) is 0 Å². The number of aldehydes is 1. The molecular formula is C15H16N2O2. The SMILES string of the molecule is COCCNc1ccc(-c2ccccc2C=O)cn1. The molecule has 0 amide bonds. The molecule has 0 fully saturated rings. The number of nitrogens with one attached hydrogen (secondary N) is 1. The molecule has 0 aliphatic rings. The van der Waals surface area contributed by atoms with Gasteiger partial charge in [-0.05, 0) is 17.7 Å². The number of benzene rings is 1. The van der Waals surface area contributed by atoms with E-state index in [-0.39, 0.29) is 0 Å². The van der Waals surface area contributed by atoms with E-state index >= 15 is 0 Å². The van der Waals surface area contributed by atoms with Gasteiger partial charge in [0, 0.05) is 31.0 Å². The fraction of sp³-hybridized carbons (Fsp3) is 0.200. The summed E-state index contributed by atoms with van der Waals surface area (Å²) in [4.78, 5) is 15.3. The van der Waals surface area contributed by atoms with E-state index in [1.54, 1.807) is 19.4 Å². The normalized spacial score (nSPS) is 10.2. The van der Waals surface area contributed by atoms with Crippen molar-refractivity contribution >= 4 is 12.1 Å². The fourth-order valence-electron chi connectivity index (χ4n) is 1.80. The van der Waals surface area contributed by atoms with Crippen LogP contribution in [0.3, 0.4) is 0 Å². The van der Waals surface area contributed by atoms with Gasteiger partial charge in [-0.2, -0.15) is 0 Å². The molecule has 1 aromatic carbocycles. The predicted molar refractivity (Wildman–Crippen MR) is 75.4 cm³/mol. The summed E-state index contributed by atoms with van der Waals surface area (Å²) in [6.07, 6.45) is 2.62. The second-order valence-electron chi connectivity index (χ2n) is 4.06. The molecule has 4 heteroatoms. The van der Waals surface area contributed by atoms with Crippen molar-refractivity contribution in [2.45, 2.75) is 0 Å². The first-order chi connectivity index (χ1) is 9.35. The maximum Gasteiger partial charge on any atom is 0.150 e. The molecular weight excluding hydrogens is 240 g/mol. The minimum absolute atomic E-state index is 0.636. The van der Waals surface area contributed by atoms with Crippen LogP contribution in [-0.4, -0.2) is 31.5 Å². The van der Waals surface area contributed by atoms with Crippen LogP contribution in [0, 0.1) is 0 Å². The Kier molecular flexibility index (Phi) is 4.64. The summed E-state index contributed by atoms with van der Waals surface area (Å²) in [5.41, 5.74) is 2.50. The Morgan fingerprint density at radius 2 is 2.11 bits per heavy atom. The molecule has 4 nitrogen and oxygen atoms in total. The summed E-state index contributed by atoms with van der Waals surface area (Å²) in [6, 6.07) is 11.3. The Morgan fingerprint density at radius 3 is 2.79 bits per heavy atom. The molecule has 0 radical (unpaired) electrons. The van der Waals surface area contributed by atoms with Crippen molar-refractivity contribution in [2.75, 3.05) is 25.6 Å². The van der Waals surface area contributed by atoms with E-state index in [2.05, 4.69) is 10.3 Å². The van der Waals surface area contributed by atoms with E-state index in [9.17, 15) is 4.79 Å². The van der Waals surface area contributed by atoms with Crippen molar-refractivity contribution in [3.8, 4) is 11.1 Å². The Hall–Kier alpha value is -2.20. The first-order valence-electron chi connectivity index (χ1n) is 6.08. The molecule has 0 spiro atoms. The molecule has 0 aliphatic heterocycles. The highest BCUT2D eigenvalue weighted by atomic mass is 16.5. The number of nitrogens with zero attached hydrogens (tertiary/aromatic N) is 1. The van der Waals surface area contributed by atoms with Crippen LogP contribution >= 0.6 is 0 Å². The number of pyridine rings is 1. The van der Waals surface area contributed by atoms with Gasteiger partial charge in [0.25, 0.3) is 0 Å². The molecule has 0 aliphatic carbocycles. The quantitative estimate of drug-likeness (QED) is 0.637. The molecule has 1 heterocycles. The van der Waals surface area contributed by atoms with Gasteiger partial charge in [0.05, 0.1) is 6.61 Å². The van der Waals surface area contributed by atoms with Gasteiger partial charge >= 0.3 is 0 Å². The Bertz CT molecular complexity index is 538. The molecule has 0 saturated carbocycles. The molecule has 0 atom stereocenters. The highest BCUT2D eigenvalue weighted by molar-refractivity contribution is 5.87. The number of hydrogen-bond donors (Lipinski definition) is 1. The number of anilines is 1. The third-order valence-corrected chi connectivity index (χ3v) is 2.77. The average Bonchev–Trinajstić information content (AvgIpc) is 2.48. The zero-order chi connectivity index (χ0) is 13.5. The molecule has 0 saturated heterocycles. The van der Waals surface area contributed by atoms with Crippen LogP contribution in [0.1, 0.15) is 10.4 Å². The number of hydrogen-bond acceptors (Lipinski definition) is 4. The van der Waals surface area contributed by atoms with E-state index in [0.29, 0.717) is 18.7 Å². The molecule has 0 bridgehead atoms. The van der Waals surface area contributed by atoms with Crippen molar-refractivity contribution in [3.05, 3.63) is 48.2 Å². The minimum atomic E-state index is 0.636. The van der Waals surface area contributed by atoms with Gasteiger partial charge in [-0.25, -0.2) is 4.98 Å². The van der Waals surface area contributed by atoms with Crippen molar-refractivity contribution in [1.82, 2.24) is 4.98 Å². The lowest BCUT2D eigenvalue weighted by Crippen LogP contribution is -2.08. The van der Waals surface area contributed by atoms with E-state index in [4.69, 9.17) is 4.74 Å². The number of carbonyl (C=O) groups is 1. The second kappa shape index (κ2) is 6.66. The molecule has 19 heavy (non-hydrogen) atoms. The smallest absolute Gasteiger partial charge is 0.150 e. The minimum Gasteiger partial charge on any atom is -0.383 e. The molecule has 2 rings (SSSR count). The maximum absolute atomic E-state index is 11.0. The standard InChI is InChI=1S/C15H16N2O2/c1-19-9-8-16-15-7-6-12(10-17-15)14-5-3-2-4-13(14)11-18/h2-7,10-11H,8-9H2,1H3,(H,16,17). The van der Waals surface area contributed by atoms with Crippen LogP contribution in [-0.2, 0) is 4.74 Å². The lowest BCUT2D eigenvalue weighted by Gasteiger charge is -2.07. The van der Waals surface area contributed by atoms with Gasteiger partial charge in [-0.3, -0.25) is 4.79 Å². The monoisotopic (exact) mass is 256 g/mol. The second-order valence-corrected chi connectivity index (χ2v) is 4.06. The fourth-order valence-corrected chi connectivity index (χ4v) is 1.80. The van der Waals surface area contributed by atoms with Crippen LogP contribution in [0.4, 0.5) is 5.82 Å². The number of methoxy groups -OCH3 is 1. The van der Waals surface area contributed by atoms with Crippen molar-refractivity contribution < 1.29 is 9.53 Å². The highest BCUT2D eigenvalue weighted by Gasteiger charge is 2.04. The van der Waals surface area contributed by atoms with E-state index in [1.807, 2.05) is 30.3 Å². The van der Waals surface area contributed by atoms with Crippen LogP contribution in [0.15, 0.2) is 42.6 Å². The summed E-state index contributed by atoms with van der Waals surface area (Å²) in [5.74, 6) is 0.796. The zero-order valence-electron chi connectivity index (χ0n) is 10.8. The maximum atomic E-state index is 11.0. The Labute approximate surface area is 112 Å². The molecule has 0 unspecified atom stereocenters. The molecule has 1 N–H and O–H groups in total.